The van der Waals surface area contributed by atoms with E-state index in [1.807, 2.05) is 75.6 Å². The first-order valence-electron chi connectivity index (χ1n) is 9.43. The van der Waals surface area contributed by atoms with Crippen LogP contribution in [0.3, 0.4) is 0 Å². The highest BCUT2D eigenvalue weighted by atomic mass is 16.2. The second-order valence-electron chi connectivity index (χ2n) is 7.01. The third kappa shape index (κ3) is 4.85. The van der Waals surface area contributed by atoms with Crippen LogP contribution in [0.25, 0.3) is 6.08 Å². The van der Waals surface area contributed by atoms with E-state index in [1.54, 1.807) is 13.1 Å². The Morgan fingerprint density at radius 3 is 2.45 bits per heavy atom. The first-order valence-corrected chi connectivity index (χ1v) is 9.43. The lowest BCUT2D eigenvalue weighted by Crippen LogP contribution is -2.31. The maximum absolute atomic E-state index is 12.8. The lowest BCUT2D eigenvalue weighted by atomic mass is 9.99. The van der Waals surface area contributed by atoms with Crippen LogP contribution in [0.5, 0.6) is 0 Å². The van der Waals surface area contributed by atoms with E-state index in [-0.39, 0.29) is 5.91 Å². The van der Waals surface area contributed by atoms with Crippen LogP contribution >= 0.6 is 0 Å². The fraction of sp³-hybridized carbons (Fsp3) is 0.217. The van der Waals surface area contributed by atoms with Gasteiger partial charge in [0, 0.05) is 26.0 Å². The molecule has 0 spiro atoms. The zero-order chi connectivity index (χ0) is 20.8. The molecule has 0 saturated heterocycles. The van der Waals surface area contributed by atoms with E-state index < -0.39 is 5.92 Å². The van der Waals surface area contributed by atoms with Gasteiger partial charge in [0.1, 0.15) is 5.92 Å². The van der Waals surface area contributed by atoms with Crippen LogP contribution in [-0.4, -0.2) is 37.6 Å². The molecule has 1 heterocycles. The fourth-order valence-electron chi connectivity index (χ4n) is 3.06. The smallest absolute Gasteiger partial charge is 0.262 e. The van der Waals surface area contributed by atoms with Crippen molar-refractivity contribution < 1.29 is 4.79 Å². The summed E-state index contributed by atoms with van der Waals surface area (Å²) in [6.07, 6.45) is 5.40. The number of carbonyl (C=O) groups excluding carboxylic acids is 1. The van der Waals surface area contributed by atoms with Crippen LogP contribution in [0.2, 0.25) is 0 Å². The summed E-state index contributed by atoms with van der Waals surface area (Å²) in [5, 5.41) is 14.1. The molecule has 6 nitrogen and oxygen atoms in total. The molecule has 0 fully saturated rings. The average molecular weight is 387 g/mol. The van der Waals surface area contributed by atoms with Gasteiger partial charge in [-0.2, -0.15) is 20.3 Å². The van der Waals surface area contributed by atoms with E-state index in [9.17, 15) is 4.79 Å². The number of amides is 1. The molecule has 3 rings (SSSR count). The van der Waals surface area contributed by atoms with Crippen LogP contribution in [0.15, 0.2) is 76.0 Å². The Labute approximate surface area is 171 Å². The summed E-state index contributed by atoms with van der Waals surface area (Å²) in [5.41, 5.74) is 4.31. The fourth-order valence-corrected chi connectivity index (χ4v) is 3.06. The molecule has 0 aliphatic carbocycles. The minimum atomic E-state index is -0.477. The number of benzene rings is 2. The van der Waals surface area contributed by atoms with E-state index >= 15 is 0 Å². The number of carbonyl (C=O) groups is 1. The number of hydrogen-bond donors (Lipinski definition) is 0. The maximum atomic E-state index is 12.8. The first-order chi connectivity index (χ1) is 14.0. The van der Waals surface area contributed by atoms with Gasteiger partial charge in [-0.25, -0.2) is 0 Å². The highest BCUT2D eigenvalue weighted by molar-refractivity contribution is 6.27. The van der Waals surface area contributed by atoms with Crippen LogP contribution in [0.4, 0.5) is 11.4 Å². The zero-order valence-electron chi connectivity index (χ0n) is 17.1. The molecule has 1 aliphatic rings. The molecule has 29 heavy (non-hydrogen) atoms. The molecule has 2 aromatic carbocycles. The molecular formula is C23H25N5O. The number of hydrazone groups is 1. The number of allylic oxidation sites excluding steroid dienone is 1. The van der Waals surface area contributed by atoms with Gasteiger partial charge in [0.2, 0.25) is 0 Å². The molecule has 1 aliphatic heterocycles. The van der Waals surface area contributed by atoms with Gasteiger partial charge in [0.15, 0.2) is 0 Å². The number of para-hydroxylation sites is 1. The number of hydrogen-bond acceptors (Lipinski definition) is 5. The molecule has 0 N–H and O–H groups in total. The van der Waals surface area contributed by atoms with Gasteiger partial charge in [-0.1, -0.05) is 36.4 Å². The van der Waals surface area contributed by atoms with Gasteiger partial charge >= 0.3 is 0 Å². The van der Waals surface area contributed by atoms with Crippen molar-refractivity contribution in [2.24, 2.45) is 21.2 Å². The Hall–Kier alpha value is -3.54. The third-order valence-electron chi connectivity index (χ3n) is 4.62. The quantitative estimate of drug-likeness (QED) is 0.549. The van der Waals surface area contributed by atoms with Crippen molar-refractivity contribution >= 4 is 41.0 Å². The molecule has 1 atom stereocenters. The van der Waals surface area contributed by atoms with E-state index in [0.717, 1.165) is 16.9 Å². The summed E-state index contributed by atoms with van der Waals surface area (Å²) in [4.78, 5) is 14.8. The molecular weight excluding hydrogens is 362 g/mol. The Morgan fingerprint density at radius 1 is 1.10 bits per heavy atom. The molecule has 148 valence electrons. The van der Waals surface area contributed by atoms with Crippen molar-refractivity contribution in [2.75, 3.05) is 24.0 Å². The monoisotopic (exact) mass is 387 g/mol. The molecule has 2 aromatic rings. The second kappa shape index (κ2) is 9.10. The largest absolute Gasteiger partial charge is 0.378 e. The van der Waals surface area contributed by atoms with Gasteiger partial charge in [-0.15, -0.1) is 0 Å². The van der Waals surface area contributed by atoms with Gasteiger partial charge in [-0.3, -0.25) is 4.79 Å². The van der Waals surface area contributed by atoms with Crippen molar-refractivity contribution in [3.8, 4) is 0 Å². The van der Waals surface area contributed by atoms with Crippen LogP contribution in [0.1, 0.15) is 19.4 Å². The van der Waals surface area contributed by atoms with Crippen LogP contribution in [0, 0.1) is 5.92 Å². The second-order valence-corrected chi connectivity index (χ2v) is 7.01. The summed E-state index contributed by atoms with van der Waals surface area (Å²) in [5.74, 6) is -0.586. The minimum Gasteiger partial charge on any atom is -0.378 e. The standard InChI is InChI=1S/C23H25N5O/c1-17(22-18(2)26-28(23(22)29)21-10-6-5-7-11-21)25-24-16-8-9-19-12-14-20(15-13-19)27(3)4/h5-16,22H,1-4H3/b9-8+,24-16+,25-17+. The van der Waals surface area contributed by atoms with Crippen molar-refractivity contribution in [2.45, 2.75) is 13.8 Å². The van der Waals surface area contributed by atoms with Crippen molar-refractivity contribution in [1.82, 2.24) is 0 Å². The summed E-state index contributed by atoms with van der Waals surface area (Å²) < 4.78 is 0. The molecule has 6 heteroatoms. The number of anilines is 2. The number of rotatable bonds is 6. The van der Waals surface area contributed by atoms with Gasteiger partial charge < -0.3 is 4.90 Å². The lowest BCUT2D eigenvalue weighted by molar-refractivity contribution is -0.118. The minimum absolute atomic E-state index is 0.110. The summed E-state index contributed by atoms with van der Waals surface area (Å²) in [6, 6.07) is 17.6. The van der Waals surface area contributed by atoms with E-state index in [0.29, 0.717) is 11.4 Å². The van der Waals surface area contributed by atoms with Crippen molar-refractivity contribution in [3.63, 3.8) is 0 Å². The van der Waals surface area contributed by atoms with Crippen LogP contribution in [-0.2, 0) is 4.79 Å². The Kier molecular flexibility index (Phi) is 6.34. The molecule has 0 aromatic heterocycles. The van der Waals surface area contributed by atoms with Gasteiger partial charge in [0.25, 0.3) is 5.91 Å². The predicted molar refractivity (Wildman–Crippen MR) is 122 cm³/mol. The van der Waals surface area contributed by atoms with Crippen molar-refractivity contribution in [1.29, 1.82) is 0 Å². The molecule has 0 bridgehead atoms. The summed E-state index contributed by atoms with van der Waals surface area (Å²) >= 11 is 0. The van der Waals surface area contributed by atoms with Crippen molar-refractivity contribution in [3.05, 3.63) is 66.2 Å². The molecule has 1 unspecified atom stereocenters. The summed E-state index contributed by atoms with van der Waals surface area (Å²) in [7, 11) is 4.02. The van der Waals surface area contributed by atoms with E-state index in [4.69, 9.17) is 0 Å². The topological polar surface area (TPSA) is 60.6 Å². The van der Waals surface area contributed by atoms with Crippen LogP contribution < -0.4 is 9.91 Å². The highest BCUT2D eigenvalue weighted by Crippen LogP contribution is 2.24. The highest BCUT2D eigenvalue weighted by Gasteiger charge is 2.36. The summed E-state index contributed by atoms with van der Waals surface area (Å²) in [6.45, 7) is 3.64. The SMILES string of the molecule is CC1=NN(c2ccccc2)C(=O)C1/C(C)=N/N=C/C=C/c1ccc(N(C)C)cc1. The maximum Gasteiger partial charge on any atom is 0.262 e. The Morgan fingerprint density at radius 2 is 1.79 bits per heavy atom. The van der Waals surface area contributed by atoms with E-state index in [1.165, 1.54) is 5.01 Å². The predicted octanol–water partition coefficient (Wildman–Crippen LogP) is 4.25. The average Bonchev–Trinajstić information content (AvgIpc) is 3.02. The van der Waals surface area contributed by atoms with Gasteiger partial charge in [-0.05, 0) is 49.8 Å². The Bertz CT molecular complexity index is 972. The zero-order valence-corrected chi connectivity index (χ0v) is 17.1. The van der Waals surface area contributed by atoms with Gasteiger partial charge in [0.05, 0.1) is 17.1 Å². The van der Waals surface area contributed by atoms with E-state index in [2.05, 4.69) is 32.3 Å². The molecule has 0 radical (unpaired) electrons. The number of nitrogens with zero attached hydrogens (tertiary/aromatic N) is 5. The Balaban J connectivity index is 1.63. The first kappa shape index (κ1) is 20.2. The lowest BCUT2D eigenvalue weighted by Gasteiger charge is -2.13. The molecule has 1 amide bonds. The molecule has 0 saturated carbocycles. The third-order valence-corrected chi connectivity index (χ3v) is 4.62. The normalized spacial score (nSPS) is 17.4.